The molecule has 0 unspecified atom stereocenters. The van der Waals surface area contributed by atoms with Gasteiger partial charge in [0.1, 0.15) is 23.0 Å². The number of nitrogens with two attached hydrogens (primary N) is 1. The summed E-state index contributed by atoms with van der Waals surface area (Å²) in [5, 5.41) is 11.2. The van der Waals surface area contributed by atoms with Gasteiger partial charge < -0.3 is 19.6 Å². The molecule has 5 rings (SSSR count). The first kappa shape index (κ1) is 22.6. The Kier molecular flexibility index (Phi) is 5.94. The number of hydrogen-bond acceptors (Lipinski definition) is 6. The summed E-state index contributed by atoms with van der Waals surface area (Å²) < 4.78 is 17.0. The van der Waals surface area contributed by atoms with Crippen molar-refractivity contribution < 1.29 is 13.9 Å². The Labute approximate surface area is 206 Å². The smallest absolute Gasteiger partial charge is 0.344 e. The van der Waals surface area contributed by atoms with Gasteiger partial charge in [-0.25, -0.2) is 4.79 Å². The van der Waals surface area contributed by atoms with E-state index >= 15 is 0 Å². The second-order valence-electron chi connectivity index (χ2n) is 8.25. The molecule has 0 aliphatic carbocycles. The number of methoxy groups -OCH3 is 1. The molecule has 1 aliphatic heterocycles. The van der Waals surface area contributed by atoms with Crippen LogP contribution in [0.5, 0.6) is 11.5 Å². The number of halogens is 1. The molecule has 0 amide bonds. The minimum absolute atomic E-state index is 0.0284. The number of para-hydroxylation sites is 1. The third-order valence-corrected chi connectivity index (χ3v) is 6.46. The van der Waals surface area contributed by atoms with E-state index in [9.17, 15) is 10.1 Å². The second kappa shape index (κ2) is 9.21. The van der Waals surface area contributed by atoms with Crippen molar-refractivity contribution >= 4 is 22.6 Å². The van der Waals surface area contributed by atoms with Crippen LogP contribution in [0, 0.1) is 11.3 Å². The van der Waals surface area contributed by atoms with E-state index in [1.54, 1.807) is 25.3 Å². The van der Waals surface area contributed by atoms with Crippen molar-refractivity contribution in [1.82, 2.24) is 0 Å². The summed E-state index contributed by atoms with van der Waals surface area (Å²) in [6, 6.07) is 22.5. The van der Waals surface area contributed by atoms with Gasteiger partial charge in [-0.2, -0.15) is 5.26 Å². The minimum atomic E-state index is -0.732. The maximum Gasteiger partial charge on any atom is 0.344 e. The predicted octanol–water partition coefficient (Wildman–Crippen LogP) is 5.46. The fourth-order valence-corrected chi connectivity index (χ4v) is 4.63. The molecular weight excluding hydrogens is 464 g/mol. The Balaban J connectivity index is 1.63. The Morgan fingerprint density at radius 2 is 1.86 bits per heavy atom. The summed E-state index contributed by atoms with van der Waals surface area (Å²) in [7, 11) is 1.61. The lowest BCUT2D eigenvalue weighted by Gasteiger charge is -2.26. The van der Waals surface area contributed by atoms with Gasteiger partial charge >= 0.3 is 5.63 Å². The number of aryl methyl sites for hydroxylation is 2. The predicted molar refractivity (Wildman–Crippen MR) is 134 cm³/mol. The summed E-state index contributed by atoms with van der Waals surface area (Å²) in [4.78, 5) is 13.1. The molecule has 0 radical (unpaired) electrons. The largest absolute Gasteiger partial charge is 0.496 e. The molecule has 174 valence electrons. The monoisotopic (exact) mass is 484 g/mol. The minimum Gasteiger partial charge on any atom is -0.496 e. The maximum absolute atomic E-state index is 13.1. The fraction of sp³-hybridized carbons (Fsp3) is 0.143. The van der Waals surface area contributed by atoms with Crippen molar-refractivity contribution in [2.45, 2.75) is 18.8 Å². The molecule has 0 spiro atoms. The van der Waals surface area contributed by atoms with Crippen molar-refractivity contribution in [1.29, 1.82) is 5.26 Å². The lowest BCUT2D eigenvalue weighted by atomic mass is 9.83. The highest BCUT2D eigenvalue weighted by Gasteiger charge is 2.35. The van der Waals surface area contributed by atoms with Crippen LogP contribution in [0.3, 0.4) is 0 Å². The van der Waals surface area contributed by atoms with Gasteiger partial charge in [-0.15, -0.1) is 0 Å². The van der Waals surface area contributed by atoms with E-state index in [0.717, 1.165) is 28.9 Å². The molecule has 0 fully saturated rings. The van der Waals surface area contributed by atoms with Gasteiger partial charge in [0.05, 0.1) is 24.0 Å². The van der Waals surface area contributed by atoms with E-state index in [4.69, 9.17) is 31.2 Å². The van der Waals surface area contributed by atoms with Gasteiger partial charge in [-0.1, -0.05) is 48.0 Å². The number of nitriles is 1. The molecule has 1 aliphatic rings. The van der Waals surface area contributed by atoms with E-state index in [-0.39, 0.29) is 17.0 Å². The van der Waals surface area contributed by atoms with Crippen molar-refractivity contribution in [2.24, 2.45) is 5.73 Å². The molecule has 6 nitrogen and oxygen atoms in total. The average Bonchev–Trinajstić information content (AvgIpc) is 2.87. The van der Waals surface area contributed by atoms with Crippen molar-refractivity contribution in [2.75, 3.05) is 7.11 Å². The normalized spacial score (nSPS) is 14.8. The van der Waals surface area contributed by atoms with E-state index in [1.165, 1.54) is 0 Å². The summed E-state index contributed by atoms with van der Waals surface area (Å²) in [6.45, 7) is 0. The summed E-state index contributed by atoms with van der Waals surface area (Å²) in [6.07, 6.45) is 1.44. The van der Waals surface area contributed by atoms with Crippen molar-refractivity contribution in [3.05, 3.63) is 116 Å². The standard InChI is InChI=1S/C28H21ClN2O4/c1-33-22-13-10-18(14-17(22)9-6-16-7-11-19(29)12-8-16)24-21(15-30)27(31)35-26-20-4-2-3-5-23(20)34-28(32)25(24)26/h2-5,7-8,10-14,24H,6,9,31H2,1H3/t24-/m0/s1. The summed E-state index contributed by atoms with van der Waals surface area (Å²) in [5.41, 5.74) is 9.21. The van der Waals surface area contributed by atoms with Crippen LogP contribution < -0.4 is 20.8 Å². The van der Waals surface area contributed by atoms with Crippen LogP contribution in [-0.4, -0.2) is 7.11 Å². The molecule has 2 N–H and O–H groups in total. The fourth-order valence-electron chi connectivity index (χ4n) is 4.50. The molecule has 7 heteroatoms. The van der Waals surface area contributed by atoms with Gasteiger partial charge in [0.15, 0.2) is 5.75 Å². The van der Waals surface area contributed by atoms with Crippen LogP contribution in [0.1, 0.15) is 28.2 Å². The zero-order valence-corrected chi connectivity index (χ0v) is 19.6. The van der Waals surface area contributed by atoms with Crippen LogP contribution in [0.25, 0.3) is 11.0 Å². The van der Waals surface area contributed by atoms with E-state index < -0.39 is 11.5 Å². The van der Waals surface area contributed by atoms with Crippen LogP contribution in [0.4, 0.5) is 0 Å². The highest BCUT2D eigenvalue weighted by atomic mass is 35.5. The van der Waals surface area contributed by atoms with Gasteiger partial charge in [-0.3, -0.25) is 0 Å². The van der Waals surface area contributed by atoms with E-state index in [1.807, 2.05) is 48.5 Å². The third kappa shape index (κ3) is 4.11. The zero-order chi connectivity index (χ0) is 24.5. The molecule has 0 bridgehead atoms. The molecule has 4 aromatic rings. The number of nitrogens with zero attached hydrogens (tertiary/aromatic N) is 1. The number of rotatable bonds is 5. The number of allylic oxidation sites excluding steroid dienone is 1. The van der Waals surface area contributed by atoms with Gasteiger partial charge in [0.25, 0.3) is 0 Å². The summed E-state index contributed by atoms with van der Waals surface area (Å²) >= 11 is 6.01. The Hall–Kier alpha value is -4.21. The third-order valence-electron chi connectivity index (χ3n) is 6.21. The van der Waals surface area contributed by atoms with Crippen molar-refractivity contribution in [3.63, 3.8) is 0 Å². The lowest BCUT2D eigenvalue weighted by Crippen LogP contribution is -2.26. The Morgan fingerprint density at radius 1 is 1.09 bits per heavy atom. The van der Waals surface area contributed by atoms with Crippen LogP contribution in [0.15, 0.2) is 87.4 Å². The quantitative estimate of drug-likeness (QED) is 0.378. The van der Waals surface area contributed by atoms with Crippen LogP contribution >= 0.6 is 11.6 Å². The lowest BCUT2D eigenvalue weighted by molar-refractivity contribution is 0.388. The molecule has 3 aromatic carbocycles. The van der Waals surface area contributed by atoms with Gasteiger partial charge in [0, 0.05) is 5.02 Å². The van der Waals surface area contributed by atoms with E-state index in [2.05, 4.69) is 6.07 Å². The average molecular weight is 485 g/mol. The maximum atomic E-state index is 13.1. The van der Waals surface area contributed by atoms with Crippen LogP contribution in [0.2, 0.25) is 5.02 Å². The molecule has 35 heavy (non-hydrogen) atoms. The molecule has 0 saturated heterocycles. The molecule has 2 heterocycles. The van der Waals surface area contributed by atoms with Crippen molar-refractivity contribution in [3.8, 4) is 17.6 Å². The number of fused-ring (bicyclic) bond motifs is 3. The topological polar surface area (TPSA) is 98.5 Å². The first-order chi connectivity index (χ1) is 17.0. The molecule has 1 aromatic heterocycles. The highest BCUT2D eigenvalue weighted by Crippen LogP contribution is 2.44. The number of benzene rings is 3. The second-order valence-corrected chi connectivity index (χ2v) is 8.69. The van der Waals surface area contributed by atoms with Gasteiger partial charge in [-0.05, 0) is 59.9 Å². The first-order valence-electron chi connectivity index (χ1n) is 11.0. The van der Waals surface area contributed by atoms with E-state index in [0.29, 0.717) is 28.2 Å². The Morgan fingerprint density at radius 3 is 2.60 bits per heavy atom. The van der Waals surface area contributed by atoms with Gasteiger partial charge in [0.2, 0.25) is 5.88 Å². The Bertz CT molecular complexity index is 1570. The molecule has 1 atom stereocenters. The summed E-state index contributed by atoms with van der Waals surface area (Å²) in [5.74, 6) is 0.275. The zero-order valence-electron chi connectivity index (χ0n) is 18.9. The number of hydrogen-bond donors (Lipinski definition) is 1. The number of ether oxygens (including phenoxy) is 2. The molecule has 0 saturated carbocycles. The first-order valence-corrected chi connectivity index (χ1v) is 11.4. The molecular formula is C28H21ClN2O4. The SMILES string of the molecule is COc1ccc([C@H]2C(C#N)=C(N)Oc3c2c(=O)oc2ccccc32)cc1CCc1ccc(Cl)cc1. The van der Waals surface area contributed by atoms with Crippen LogP contribution in [-0.2, 0) is 12.8 Å². The highest BCUT2D eigenvalue weighted by molar-refractivity contribution is 6.30.